The van der Waals surface area contributed by atoms with E-state index in [1.54, 1.807) is 36.8 Å². The lowest BCUT2D eigenvalue weighted by Gasteiger charge is -2.35. The van der Waals surface area contributed by atoms with Gasteiger partial charge in [0, 0.05) is 71.0 Å². The minimum atomic E-state index is -0.112. The third kappa shape index (κ3) is 7.16. The predicted molar refractivity (Wildman–Crippen MR) is 178 cm³/mol. The van der Waals surface area contributed by atoms with Crippen molar-refractivity contribution in [1.82, 2.24) is 14.9 Å². The van der Waals surface area contributed by atoms with Crippen molar-refractivity contribution in [1.29, 1.82) is 0 Å². The normalized spacial score (nSPS) is 16.8. The molecule has 0 aliphatic carbocycles. The molecule has 4 heterocycles. The van der Waals surface area contributed by atoms with Crippen LogP contribution in [0.2, 0.25) is 0 Å². The fraction of sp³-hybridized carbons (Fsp3) is 0.353. The van der Waals surface area contributed by atoms with Gasteiger partial charge in [0.15, 0.2) is 0 Å². The van der Waals surface area contributed by atoms with E-state index in [-0.39, 0.29) is 17.7 Å². The number of hydrogen-bond acceptors (Lipinski definition) is 9. The van der Waals surface area contributed by atoms with Crippen LogP contribution in [0, 0.1) is 6.92 Å². The number of likely N-dealkylation sites (N-methyl/N-ethyl adjacent to an activating group) is 1. The molecule has 10 heteroatoms. The van der Waals surface area contributed by atoms with E-state index in [0.717, 1.165) is 43.1 Å². The van der Waals surface area contributed by atoms with E-state index < -0.39 is 0 Å². The third-order valence-corrected chi connectivity index (χ3v) is 10.7. The monoisotopic (exact) mass is 629 g/mol. The largest absolute Gasteiger partial charge is 0.383 e. The fourth-order valence-electron chi connectivity index (χ4n) is 5.57. The molecule has 44 heavy (non-hydrogen) atoms. The number of aromatic nitrogens is 2. The lowest BCUT2D eigenvalue weighted by Crippen LogP contribution is -2.41. The summed E-state index contributed by atoms with van der Waals surface area (Å²) in [4.78, 5) is 29.4. The molecule has 2 aliphatic heterocycles. The SMILES string of the molecule is COCCN(C)CCC(Nc1ccc2c(c1)Sc1cccc(C3CN(c4ccc[nH]c4=O)CCO3)c1S2)c1ccc(C)cn1. The van der Waals surface area contributed by atoms with Gasteiger partial charge in [-0.2, -0.15) is 0 Å². The Morgan fingerprint density at radius 1 is 1.11 bits per heavy atom. The summed E-state index contributed by atoms with van der Waals surface area (Å²) < 4.78 is 11.5. The second-order valence-corrected chi connectivity index (χ2v) is 13.4. The summed E-state index contributed by atoms with van der Waals surface area (Å²) in [7, 11) is 3.88. The first-order chi connectivity index (χ1) is 21.5. The van der Waals surface area contributed by atoms with Crippen molar-refractivity contribution < 1.29 is 9.47 Å². The number of hydrogen-bond donors (Lipinski definition) is 2. The summed E-state index contributed by atoms with van der Waals surface area (Å²) in [5, 5.41) is 3.79. The second kappa shape index (κ2) is 14.2. The number of benzene rings is 2. The van der Waals surface area contributed by atoms with E-state index in [2.05, 4.69) is 82.6 Å². The van der Waals surface area contributed by atoms with Gasteiger partial charge in [0.2, 0.25) is 0 Å². The van der Waals surface area contributed by atoms with Crippen LogP contribution in [0.15, 0.2) is 97.4 Å². The summed E-state index contributed by atoms with van der Waals surface area (Å²) in [6, 6.07) is 21.2. The minimum absolute atomic E-state index is 0.0648. The molecular weight excluding hydrogens is 591 g/mol. The lowest BCUT2D eigenvalue weighted by atomic mass is 10.1. The Morgan fingerprint density at radius 3 is 2.84 bits per heavy atom. The minimum Gasteiger partial charge on any atom is -0.383 e. The van der Waals surface area contributed by atoms with Gasteiger partial charge in [-0.3, -0.25) is 9.78 Å². The first-order valence-corrected chi connectivity index (χ1v) is 16.7. The van der Waals surface area contributed by atoms with E-state index in [1.807, 2.05) is 18.3 Å². The zero-order chi connectivity index (χ0) is 30.5. The fourth-order valence-corrected chi connectivity index (χ4v) is 8.02. The molecule has 2 aliphatic rings. The number of aryl methyl sites for hydroxylation is 1. The zero-order valence-electron chi connectivity index (χ0n) is 25.4. The molecule has 6 rings (SSSR count). The van der Waals surface area contributed by atoms with Crippen molar-refractivity contribution >= 4 is 34.9 Å². The van der Waals surface area contributed by atoms with Gasteiger partial charge < -0.3 is 29.6 Å². The lowest BCUT2D eigenvalue weighted by molar-refractivity contribution is 0.0378. The smallest absolute Gasteiger partial charge is 0.271 e. The number of morpholine rings is 1. The molecule has 0 radical (unpaired) electrons. The molecule has 0 bridgehead atoms. The second-order valence-electron chi connectivity index (χ2n) is 11.3. The summed E-state index contributed by atoms with van der Waals surface area (Å²) in [6.45, 7) is 6.53. The van der Waals surface area contributed by atoms with Crippen molar-refractivity contribution in [3.63, 3.8) is 0 Å². The number of fused-ring (bicyclic) bond motifs is 2. The Balaban J connectivity index is 1.19. The Bertz CT molecular complexity index is 1630. The molecule has 2 atom stereocenters. The molecule has 2 aromatic carbocycles. The van der Waals surface area contributed by atoms with Gasteiger partial charge in [-0.25, -0.2) is 0 Å². The van der Waals surface area contributed by atoms with Gasteiger partial charge in [0.05, 0.1) is 24.9 Å². The zero-order valence-corrected chi connectivity index (χ0v) is 27.0. The maximum absolute atomic E-state index is 12.5. The standard InChI is InChI=1S/C34H39N5O3S2/c1-23-9-11-26(36-21-23)27(13-15-38(2)16-18-41-3)37-24-10-12-30-32(20-24)43-31-8-4-6-25(33(31)44-30)29-22-39(17-19-42-29)28-7-5-14-35-34(28)40/h4-12,14,20-21,27,29,37H,13,15-19,22H2,1-3H3,(H,35,40). The number of H-pyrrole nitrogens is 1. The van der Waals surface area contributed by atoms with Crippen LogP contribution >= 0.6 is 23.5 Å². The Labute approximate surface area is 267 Å². The maximum atomic E-state index is 12.5. The molecule has 0 amide bonds. The summed E-state index contributed by atoms with van der Waals surface area (Å²) in [5.41, 5.74) is 5.09. The van der Waals surface area contributed by atoms with Gasteiger partial charge in [-0.15, -0.1) is 0 Å². The Kier molecular flexibility index (Phi) is 9.93. The molecule has 8 nitrogen and oxygen atoms in total. The molecule has 2 N–H and O–H groups in total. The maximum Gasteiger partial charge on any atom is 0.271 e. The molecular formula is C34H39N5O3S2. The van der Waals surface area contributed by atoms with E-state index in [1.165, 1.54) is 25.1 Å². The highest BCUT2D eigenvalue weighted by Crippen LogP contribution is 2.52. The summed E-state index contributed by atoms with van der Waals surface area (Å²) in [5.74, 6) is 0. The number of pyridine rings is 2. The molecule has 1 fully saturated rings. The van der Waals surface area contributed by atoms with E-state index in [0.29, 0.717) is 25.4 Å². The number of aromatic amines is 1. The van der Waals surface area contributed by atoms with Crippen molar-refractivity contribution in [3.8, 4) is 0 Å². The average Bonchev–Trinajstić information content (AvgIpc) is 3.05. The predicted octanol–water partition coefficient (Wildman–Crippen LogP) is 6.39. The van der Waals surface area contributed by atoms with Gasteiger partial charge in [-0.05, 0) is 74.0 Å². The molecule has 4 aromatic rings. The highest BCUT2D eigenvalue weighted by atomic mass is 32.2. The topological polar surface area (TPSA) is 82.7 Å². The van der Waals surface area contributed by atoms with Crippen LogP contribution in [0.4, 0.5) is 11.4 Å². The summed E-state index contributed by atoms with van der Waals surface area (Å²) in [6.07, 6.45) is 4.43. The van der Waals surface area contributed by atoms with Crippen molar-refractivity contribution in [2.75, 3.05) is 63.8 Å². The third-order valence-electron chi connectivity index (χ3n) is 8.05. The van der Waals surface area contributed by atoms with Crippen molar-refractivity contribution in [2.24, 2.45) is 0 Å². The number of anilines is 2. The number of nitrogens with zero attached hydrogens (tertiary/aromatic N) is 3. The van der Waals surface area contributed by atoms with Gasteiger partial charge in [0.1, 0.15) is 11.8 Å². The van der Waals surface area contributed by atoms with Crippen LogP contribution < -0.4 is 15.8 Å². The molecule has 0 spiro atoms. The molecule has 2 unspecified atom stereocenters. The van der Waals surface area contributed by atoms with Gasteiger partial charge in [-0.1, -0.05) is 41.7 Å². The van der Waals surface area contributed by atoms with Crippen LogP contribution in [0.3, 0.4) is 0 Å². The molecule has 2 aromatic heterocycles. The first-order valence-electron chi connectivity index (χ1n) is 15.0. The number of ether oxygens (including phenoxy) is 2. The van der Waals surface area contributed by atoms with E-state index in [9.17, 15) is 4.79 Å². The summed E-state index contributed by atoms with van der Waals surface area (Å²) >= 11 is 3.61. The number of nitrogens with one attached hydrogen (secondary N) is 2. The average molecular weight is 630 g/mol. The highest BCUT2D eigenvalue weighted by Gasteiger charge is 2.29. The Morgan fingerprint density at radius 2 is 2.02 bits per heavy atom. The van der Waals surface area contributed by atoms with Crippen molar-refractivity contribution in [3.05, 3.63) is 100 Å². The van der Waals surface area contributed by atoms with Crippen LogP contribution in [-0.4, -0.2) is 68.4 Å². The Hall–Kier alpha value is -3.28. The van der Waals surface area contributed by atoms with E-state index in [4.69, 9.17) is 14.5 Å². The van der Waals surface area contributed by atoms with Crippen LogP contribution in [0.25, 0.3) is 0 Å². The van der Waals surface area contributed by atoms with Crippen molar-refractivity contribution in [2.45, 2.75) is 45.1 Å². The first kappa shape index (κ1) is 30.7. The van der Waals surface area contributed by atoms with Crippen LogP contribution in [0.5, 0.6) is 0 Å². The quantitative estimate of drug-likeness (QED) is 0.173. The number of rotatable bonds is 11. The molecule has 0 saturated carbocycles. The molecule has 1 saturated heterocycles. The van der Waals surface area contributed by atoms with E-state index >= 15 is 0 Å². The van der Waals surface area contributed by atoms with Crippen LogP contribution in [-0.2, 0) is 9.47 Å². The van der Waals surface area contributed by atoms with Gasteiger partial charge in [0.25, 0.3) is 5.56 Å². The number of methoxy groups -OCH3 is 1. The van der Waals surface area contributed by atoms with Crippen LogP contribution in [0.1, 0.15) is 35.4 Å². The van der Waals surface area contributed by atoms with Gasteiger partial charge >= 0.3 is 0 Å². The molecule has 230 valence electrons. The highest BCUT2D eigenvalue weighted by molar-refractivity contribution is 8.05.